The maximum Gasteiger partial charge on any atom is 0.244 e. The van der Waals surface area contributed by atoms with Crippen LogP contribution in [-0.2, 0) is 23.1 Å². The highest BCUT2D eigenvalue weighted by molar-refractivity contribution is 7.89. The Balaban J connectivity index is 2.21. The van der Waals surface area contributed by atoms with Crippen LogP contribution in [0.4, 0.5) is 0 Å². The molecule has 2 N–H and O–H groups in total. The smallest absolute Gasteiger partial charge is 0.244 e. The molecule has 21 heavy (non-hydrogen) atoms. The van der Waals surface area contributed by atoms with Crippen molar-refractivity contribution >= 4 is 10.0 Å². The molecule has 0 aliphatic rings. The summed E-state index contributed by atoms with van der Waals surface area (Å²) < 4.78 is 33.9. The molecule has 7 nitrogen and oxygen atoms in total. The molecule has 0 fully saturated rings. The minimum Gasteiger partial charge on any atom is -0.472 e. The highest BCUT2D eigenvalue weighted by Gasteiger charge is 2.24. The van der Waals surface area contributed by atoms with Crippen LogP contribution < -0.4 is 4.72 Å². The van der Waals surface area contributed by atoms with Crippen LogP contribution in [0.25, 0.3) is 0 Å². The van der Waals surface area contributed by atoms with Gasteiger partial charge in [-0.15, -0.1) is 0 Å². The van der Waals surface area contributed by atoms with E-state index in [1.54, 1.807) is 24.6 Å². The second kappa shape index (κ2) is 6.42. The zero-order valence-electron chi connectivity index (χ0n) is 12.0. The number of rotatable bonds is 7. The molecule has 0 atom stereocenters. The summed E-state index contributed by atoms with van der Waals surface area (Å²) in [5, 5.41) is 13.1. The monoisotopic (exact) mass is 313 g/mol. The van der Waals surface area contributed by atoms with Gasteiger partial charge in [0.25, 0.3) is 0 Å². The molecular formula is C13H19N3O4S. The Labute approximate surface area is 123 Å². The summed E-state index contributed by atoms with van der Waals surface area (Å²) in [6, 6.07) is 1.70. The van der Waals surface area contributed by atoms with E-state index in [4.69, 9.17) is 9.52 Å². The van der Waals surface area contributed by atoms with Crippen molar-refractivity contribution < 1.29 is 17.9 Å². The molecule has 8 heteroatoms. The third-order valence-electron chi connectivity index (χ3n) is 3.16. The number of nitrogens with zero attached hydrogens (tertiary/aromatic N) is 2. The summed E-state index contributed by atoms with van der Waals surface area (Å²) in [6.45, 7) is 4.07. The van der Waals surface area contributed by atoms with Gasteiger partial charge in [0.1, 0.15) is 4.90 Å². The van der Waals surface area contributed by atoms with Crippen LogP contribution in [0.15, 0.2) is 27.9 Å². The van der Waals surface area contributed by atoms with Crippen LogP contribution in [0, 0.1) is 13.8 Å². The molecular weight excluding hydrogens is 294 g/mol. The molecule has 0 aromatic carbocycles. The van der Waals surface area contributed by atoms with Crippen LogP contribution in [0.5, 0.6) is 0 Å². The second-order valence-electron chi connectivity index (χ2n) is 4.76. The number of furan rings is 1. The number of aryl methyl sites for hydroxylation is 2. The lowest BCUT2D eigenvalue weighted by molar-refractivity contribution is 0.276. The van der Waals surface area contributed by atoms with E-state index in [9.17, 15) is 8.42 Å². The Morgan fingerprint density at radius 1 is 1.43 bits per heavy atom. The fourth-order valence-corrected chi connectivity index (χ4v) is 3.58. The van der Waals surface area contributed by atoms with E-state index in [-0.39, 0.29) is 18.0 Å². The lowest BCUT2D eigenvalue weighted by Crippen LogP contribution is -2.24. The number of aliphatic hydroxyl groups is 1. The first-order valence-corrected chi connectivity index (χ1v) is 8.09. The first-order chi connectivity index (χ1) is 9.95. The Hall–Kier alpha value is -1.64. The van der Waals surface area contributed by atoms with Gasteiger partial charge in [-0.25, -0.2) is 13.1 Å². The van der Waals surface area contributed by atoms with Gasteiger partial charge in [-0.3, -0.25) is 4.68 Å². The molecule has 0 saturated heterocycles. The Bertz CT molecular complexity index is 689. The summed E-state index contributed by atoms with van der Waals surface area (Å²) >= 11 is 0. The normalized spacial score (nSPS) is 12.0. The lowest BCUT2D eigenvalue weighted by Gasteiger charge is -2.07. The maximum absolute atomic E-state index is 12.4. The highest BCUT2D eigenvalue weighted by Crippen LogP contribution is 2.19. The van der Waals surface area contributed by atoms with Crippen molar-refractivity contribution in [3.63, 3.8) is 0 Å². The van der Waals surface area contributed by atoms with E-state index in [1.165, 1.54) is 12.5 Å². The molecule has 0 radical (unpaired) electrons. The number of aromatic nitrogens is 2. The van der Waals surface area contributed by atoms with Crippen molar-refractivity contribution in [3.05, 3.63) is 35.5 Å². The maximum atomic E-state index is 12.4. The minimum absolute atomic E-state index is 0.0408. The molecule has 0 unspecified atom stereocenters. The van der Waals surface area contributed by atoms with Gasteiger partial charge in [-0.1, -0.05) is 0 Å². The molecule has 0 aliphatic heterocycles. The SMILES string of the molecule is Cc1nn(CCCO)c(C)c1S(=O)(=O)NCc1ccoc1. The number of hydrogen-bond donors (Lipinski definition) is 2. The van der Waals surface area contributed by atoms with Crippen molar-refractivity contribution in [2.24, 2.45) is 0 Å². The number of aliphatic hydroxyl groups excluding tert-OH is 1. The van der Waals surface area contributed by atoms with Gasteiger partial charge >= 0.3 is 0 Å². The standard InChI is InChI=1S/C13H19N3O4S/c1-10-13(11(2)16(15-10)5-3-6-17)21(18,19)14-8-12-4-7-20-9-12/h4,7,9,14,17H,3,5-6,8H2,1-2H3. The van der Waals surface area contributed by atoms with Crippen LogP contribution in [0.2, 0.25) is 0 Å². The molecule has 0 aliphatic carbocycles. The quantitative estimate of drug-likeness (QED) is 0.793. The van der Waals surface area contributed by atoms with Crippen molar-refractivity contribution in [2.75, 3.05) is 6.61 Å². The van der Waals surface area contributed by atoms with Crippen molar-refractivity contribution in [2.45, 2.75) is 38.3 Å². The van der Waals surface area contributed by atoms with Gasteiger partial charge in [0, 0.05) is 25.3 Å². The van der Waals surface area contributed by atoms with Crippen LogP contribution >= 0.6 is 0 Å². The molecule has 0 bridgehead atoms. The second-order valence-corrected chi connectivity index (χ2v) is 6.46. The number of hydrogen-bond acceptors (Lipinski definition) is 5. The fourth-order valence-electron chi connectivity index (χ4n) is 2.15. The molecule has 2 rings (SSSR count). The highest BCUT2D eigenvalue weighted by atomic mass is 32.2. The van der Waals surface area contributed by atoms with Gasteiger partial charge in [0.05, 0.1) is 23.9 Å². The predicted molar refractivity (Wildman–Crippen MR) is 76.1 cm³/mol. The van der Waals surface area contributed by atoms with Crippen LogP contribution in [0.1, 0.15) is 23.4 Å². The van der Waals surface area contributed by atoms with E-state index in [0.717, 1.165) is 5.56 Å². The van der Waals surface area contributed by atoms with E-state index in [1.807, 2.05) is 0 Å². The van der Waals surface area contributed by atoms with Crippen molar-refractivity contribution in [3.8, 4) is 0 Å². The van der Waals surface area contributed by atoms with Crippen molar-refractivity contribution in [1.82, 2.24) is 14.5 Å². The number of sulfonamides is 1. The molecule has 2 aromatic heterocycles. The Morgan fingerprint density at radius 3 is 2.81 bits per heavy atom. The zero-order chi connectivity index (χ0) is 15.5. The first kappa shape index (κ1) is 15.7. The molecule has 2 heterocycles. The summed E-state index contributed by atoms with van der Waals surface area (Å²) in [5.41, 5.74) is 1.77. The third kappa shape index (κ3) is 3.52. The largest absolute Gasteiger partial charge is 0.472 e. The average Bonchev–Trinajstić information content (AvgIpc) is 3.03. The minimum atomic E-state index is -3.64. The van der Waals surface area contributed by atoms with Crippen LogP contribution in [-0.4, -0.2) is 29.9 Å². The molecule has 0 amide bonds. The van der Waals surface area contributed by atoms with Gasteiger partial charge in [0.2, 0.25) is 10.0 Å². The summed E-state index contributed by atoms with van der Waals surface area (Å²) in [6.07, 6.45) is 3.52. The summed E-state index contributed by atoms with van der Waals surface area (Å²) in [5.74, 6) is 0. The first-order valence-electron chi connectivity index (χ1n) is 6.61. The van der Waals surface area contributed by atoms with E-state index in [2.05, 4.69) is 9.82 Å². The molecule has 0 spiro atoms. The molecule has 116 valence electrons. The van der Waals surface area contributed by atoms with E-state index < -0.39 is 10.0 Å². The molecule has 2 aromatic rings. The Kier molecular flexibility index (Phi) is 4.81. The van der Waals surface area contributed by atoms with Crippen LogP contribution in [0.3, 0.4) is 0 Å². The summed E-state index contributed by atoms with van der Waals surface area (Å²) in [7, 11) is -3.64. The van der Waals surface area contributed by atoms with Crippen molar-refractivity contribution in [1.29, 1.82) is 0 Å². The third-order valence-corrected chi connectivity index (χ3v) is 4.81. The van der Waals surface area contributed by atoms with Gasteiger partial charge in [-0.2, -0.15) is 5.10 Å². The van der Waals surface area contributed by atoms with E-state index in [0.29, 0.717) is 24.4 Å². The fraction of sp³-hybridized carbons (Fsp3) is 0.462. The molecule has 0 saturated carbocycles. The van der Waals surface area contributed by atoms with E-state index >= 15 is 0 Å². The van der Waals surface area contributed by atoms with Gasteiger partial charge in [-0.05, 0) is 26.3 Å². The average molecular weight is 313 g/mol. The Morgan fingerprint density at radius 2 is 2.19 bits per heavy atom. The van der Waals surface area contributed by atoms with Gasteiger partial charge in [0.15, 0.2) is 0 Å². The summed E-state index contributed by atoms with van der Waals surface area (Å²) in [4.78, 5) is 0.198. The number of nitrogens with one attached hydrogen (secondary N) is 1. The predicted octanol–water partition coefficient (Wildman–Crippen LogP) is 0.954. The van der Waals surface area contributed by atoms with Gasteiger partial charge < -0.3 is 9.52 Å². The topological polar surface area (TPSA) is 97.4 Å². The zero-order valence-corrected chi connectivity index (χ0v) is 12.9. The lowest BCUT2D eigenvalue weighted by atomic mass is 10.4.